The smallest absolute Gasteiger partial charge is 0.416 e. The van der Waals surface area contributed by atoms with Gasteiger partial charge in [0.25, 0.3) is 0 Å². The molecule has 0 aliphatic heterocycles. The lowest BCUT2D eigenvalue weighted by Gasteiger charge is -2.04. The number of nitrogens with one attached hydrogen (secondary N) is 1. The van der Waals surface area contributed by atoms with Crippen molar-refractivity contribution in [3.63, 3.8) is 0 Å². The van der Waals surface area contributed by atoms with Gasteiger partial charge in [0.1, 0.15) is 11.2 Å². The summed E-state index contributed by atoms with van der Waals surface area (Å²) in [6.07, 6.45) is -3.83. The number of carbonyl (C=O) groups excluding carboxylic acids is 1. The Balaban J connectivity index is 0.000000259. The quantitative estimate of drug-likeness (QED) is 0.461. The SMILES string of the molecule is CNC(C)C.O=C(O)c1ccc(-c2ccccc2)s1.O=Cc1ccc(C(F)(F)F)cc1. The third-order valence-corrected chi connectivity index (χ3v) is 4.95. The Morgan fingerprint density at radius 2 is 1.55 bits per heavy atom. The molecule has 0 aliphatic carbocycles. The number of aldehydes is 1. The van der Waals surface area contributed by atoms with Crippen LogP contribution >= 0.6 is 11.3 Å². The Labute approximate surface area is 183 Å². The summed E-state index contributed by atoms with van der Waals surface area (Å²) in [5.74, 6) is -0.864. The van der Waals surface area contributed by atoms with E-state index in [0.717, 1.165) is 34.7 Å². The van der Waals surface area contributed by atoms with E-state index in [9.17, 15) is 22.8 Å². The van der Waals surface area contributed by atoms with Gasteiger partial charge in [0.15, 0.2) is 0 Å². The van der Waals surface area contributed by atoms with Gasteiger partial charge in [-0.05, 0) is 36.9 Å². The summed E-state index contributed by atoms with van der Waals surface area (Å²) >= 11 is 1.29. The van der Waals surface area contributed by atoms with Crippen molar-refractivity contribution in [1.82, 2.24) is 5.32 Å². The van der Waals surface area contributed by atoms with Crippen molar-refractivity contribution in [1.29, 1.82) is 0 Å². The van der Waals surface area contributed by atoms with E-state index in [0.29, 0.717) is 17.2 Å². The van der Waals surface area contributed by atoms with Gasteiger partial charge in [0.2, 0.25) is 0 Å². The van der Waals surface area contributed by atoms with Crippen molar-refractivity contribution in [3.8, 4) is 10.4 Å². The summed E-state index contributed by atoms with van der Waals surface area (Å²) in [5, 5.41) is 11.8. The molecule has 0 unspecified atom stereocenters. The van der Waals surface area contributed by atoms with E-state index in [4.69, 9.17) is 5.11 Å². The summed E-state index contributed by atoms with van der Waals surface area (Å²) in [5.41, 5.74) is 0.557. The zero-order valence-electron chi connectivity index (χ0n) is 17.3. The van der Waals surface area contributed by atoms with Gasteiger partial charge in [-0.15, -0.1) is 11.3 Å². The number of thiophene rings is 1. The van der Waals surface area contributed by atoms with E-state index in [2.05, 4.69) is 19.2 Å². The standard InChI is InChI=1S/C11H8O2S.C8H5F3O.C4H11N/c12-11(13)10-7-6-9(14-10)8-4-2-1-3-5-8;9-8(10,11)7-3-1-6(5-12)2-4-7;1-4(2)5-3/h1-7H,(H,12,13);1-5H;4-5H,1-3H3. The lowest BCUT2D eigenvalue weighted by molar-refractivity contribution is -0.137. The number of carbonyl (C=O) groups is 2. The van der Waals surface area contributed by atoms with E-state index >= 15 is 0 Å². The molecular formula is C23H24F3NO3S. The number of aromatic carboxylic acids is 1. The molecular weight excluding hydrogens is 427 g/mol. The molecule has 2 aromatic carbocycles. The van der Waals surface area contributed by atoms with Gasteiger partial charge in [-0.1, -0.05) is 56.3 Å². The number of carboxylic acids is 1. The lowest BCUT2D eigenvalue weighted by Crippen LogP contribution is -2.15. The topological polar surface area (TPSA) is 66.4 Å². The Morgan fingerprint density at radius 3 is 1.94 bits per heavy atom. The van der Waals surface area contributed by atoms with Gasteiger partial charge in [-0.2, -0.15) is 13.2 Å². The van der Waals surface area contributed by atoms with Crippen LogP contribution in [0.15, 0.2) is 66.7 Å². The van der Waals surface area contributed by atoms with Gasteiger partial charge < -0.3 is 10.4 Å². The molecule has 4 nitrogen and oxygen atoms in total. The largest absolute Gasteiger partial charge is 0.477 e. The number of hydrogen-bond acceptors (Lipinski definition) is 4. The van der Waals surface area contributed by atoms with Crippen molar-refractivity contribution in [2.45, 2.75) is 26.1 Å². The molecule has 0 atom stereocenters. The fraction of sp³-hybridized carbons (Fsp3) is 0.217. The van der Waals surface area contributed by atoms with Crippen LogP contribution in [0.2, 0.25) is 0 Å². The number of hydrogen-bond donors (Lipinski definition) is 2. The molecule has 2 N–H and O–H groups in total. The van der Waals surface area contributed by atoms with Crippen LogP contribution in [0.1, 0.15) is 39.4 Å². The van der Waals surface area contributed by atoms with Crippen LogP contribution in [0.25, 0.3) is 10.4 Å². The minimum atomic E-state index is -4.33. The Bertz CT molecular complexity index is 937. The fourth-order valence-electron chi connectivity index (χ4n) is 1.96. The van der Waals surface area contributed by atoms with Crippen LogP contribution in [-0.4, -0.2) is 30.5 Å². The predicted molar refractivity (Wildman–Crippen MR) is 118 cm³/mol. The van der Waals surface area contributed by atoms with Gasteiger partial charge in [-0.25, -0.2) is 4.79 Å². The molecule has 0 saturated heterocycles. The Morgan fingerprint density at radius 1 is 1.00 bits per heavy atom. The molecule has 0 saturated carbocycles. The van der Waals surface area contributed by atoms with Crippen LogP contribution < -0.4 is 5.32 Å². The molecule has 0 aliphatic rings. The summed E-state index contributed by atoms with van der Waals surface area (Å²) in [6, 6.07) is 17.9. The molecule has 1 heterocycles. The van der Waals surface area contributed by atoms with E-state index in [1.807, 2.05) is 43.4 Å². The van der Waals surface area contributed by atoms with Crippen molar-refractivity contribution >= 4 is 23.6 Å². The van der Waals surface area contributed by atoms with Gasteiger partial charge in [-0.3, -0.25) is 4.79 Å². The van der Waals surface area contributed by atoms with Gasteiger partial charge in [0.05, 0.1) is 5.56 Å². The van der Waals surface area contributed by atoms with Crippen LogP contribution in [-0.2, 0) is 6.18 Å². The summed E-state index contributed by atoms with van der Waals surface area (Å²) in [4.78, 5) is 22.1. The first-order valence-corrected chi connectivity index (χ1v) is 10.1. The first-order valence-electron chi connectivity index (χ1n) is 9.26. The molecule has 0 radical (unpaired) electrons. The maximum absolute atomic E-state index is 11.9. The predicted octanol–water partition coefficient (Wildman–Crippen LogP) is 6.25. The minimum absolute atomic E-state index is 0.239. The van der Waals surface area contributed by atoms with Crippen LogP contribution in [0.4, 0.5) is 13.2 Å². The van der Waals surface area contributed by atoms with E-state index < -0.39 is 17.7 Å². The maximum atomic E-state index is 11.9. The number of benzene rings is 2. The highest BCUT2D eigenvalue weighted by Crippen LogP contribution is 2.29. The number of rotatable bonds is 4. The highest BCUT2D eigenvalue weighted by atomic mass is 32.1. The minimum Gasteiger partial charge on any atom is -0.477 e. The summed E-state index contributed by atoms with van der Waals surface area (Å²) in [7, 11) is 1.95. The first-order chi connectivity index (χ1) is 14.6. The summed E-state index contributed by atoms with van der Waals surface area (Å²) < 4.78 is 35.8. The van der Waals surface area contributed by atoms with E-state index in [1.54, 1.807) is 6.07 Å². The van der Waals surface area contributed by atoms with E-state index in [1.165, 1.54) is 11.3 Å². The molecule has 3 aromatic rings. The number of carboxylic acid groups (broad SMARTS) is 1. The second kappa shape index (κ2) is 12.7. The third kappa shape index (κ3) is 9.59. The molecule has 166 valence electrons. The Hall–Kier alpha value is -2.97. The Kier molecular flexibility index (Phi) is 10.6. The molecule has 31 heavy (non-hydrogen) atoms. The van der Waals surface area contributed by atoms with Crippen molar-refractivity contribution in [3.05, 3.63) is 82.7 Å². The second-order valence-corrected chi connectivity index (χ2v) is 7.60. The van der Waals surface area contributed by atoms with Crippen LogP contribution in [0, 0.1) is 0 Å². The number of halogens is 3. The molecule has 0 spiro atoms. The maximum Gasteiger partial charge on any atom is 0.416 e. The average molecular weight is 452 g/mol. The lowest BCUT2D eigenvalue weighted by atomic mass is 10.1. The zero-order valence-corrected chi connectivity index (χ0v) is 18.1. The van der Waals surface area contributed by atoms with Gasteiger partial charge in [0, 0.05) is 16.5 Å². The van der Waals surface area contributed by atoms with Gasteiger partial charge >= 0.3 is 12.1 Å². The van der Waals surface area contributed by atoms with Crippen LogP contribution in [0.5, 0.6) is 0 Å². The second-order valence-electron chi connectivity index (χ2n) is 6.52. The molecule has 0 fully saturated rings. The van der Waals surface area contributed by atoms with Crippen LogP contribution in [0.3, 0.4) is 0 Å². The molecule has 0 amide bonds. The van der Waals surface area contributed by atoms with E-state index in [-0.39, 0.29) is 5.56 Å². The van der Waals surface area contributed by atoms with Crippen molar-refractivity contribution in [2.24, 2.45) is 0 Å². The third-order valence-electron chi connectivity index (χ3n) is 3.83. The fourth-order valence-corrected chi connectivity index (χ4v) is 2.81. The molecule has 3 rings (SSSR count). The highest BCUT2D eigenvalue weighted by Gasteiger charge is 2.29. The highest BCUT2D eigenvalue weighted by molar-refractivity contribution is 7.17. The monoisotopic (exact) mass is 451 g/mol. The zero-order chi connectivity index (χ0) is 23.4. The summed E-state index contributed by atoms with van der Waals surface area (Å²) in [6.45, 7) is 4.22. The molecule has 0 bridgehead atoms. The first kappa shape index (κ1) is 26.1. The van der Waals surface area contributed by atoms with Crippen molar-refractivity contribution < 1.29 is 27.9 Å². The van der Waals surface area contributed by atoms with Crippen molar-refractivity contribution in [2.75, 3.05) is 7.05 Å². The average Bonchev–Trinajstić information content (AvgIpc) is 3.25. The number of alkyl halides is 3. The normalized spacial score (nSPS) is 10.4. The molecule has 8 heteroatoms. The molecule has 1 aromatic heterocycles.